The highest BCUT2D eigenvalue weighted by molar-refractivity contribution is 7.12. The van der Waals surface area contributed by atoms with E-state index in [4.69, 9.17) is 5.11 Å². The predicted octanol–water partition coefficient (Wildman–Crippen LogP) is 0.507. The van der Waals surface area contributed by atoms with Gasteiger partial charge in [0.1, 0.15) is 6.04 Å². The summed E-state index contributed by atoms with van der Waals surface area (Å²) < 4.78 is 0. The minimum Gasteiger partial charge on any atom is -0.394 e. The number of aliphatic hydroxyl groups excluding tert-OH is 1. The second-order valence-corrected chi connectivity index (χ2v) is 5.55. The Balaban J connectivity index is 1.86. The number of carbonyl (C=O) groups is 2. The number of thiophene rings is 1. The van der Waals surface area contributed by atoms with E-state index in [1.807, 2.05) is 5.38 Å². The van der Waals surface area contributed by atoms with Gasteiger partial charge in [0.05, 0.1) is 17.0 Å². The van der Waals surface area contributed by atoms with Gasteiger partial charge in [-0.1, -0.05) is 6.07 Å². The molecule has 6 heteroatoms. The van der Waals surface area contributed by atoms with Crippen molar-refractivity contribution in [2.24, 2.45) is 0 Å². The van der Waals surface area contributed by atoms with Crippen LogP contribution in [-0.4, -0.2) is 35.1 Å². The molecule has 1 saturated carbocycles. The summed E-state index contributed by atoms with van der Waals surface area (Å²) in [4.78, 5) is 24.2. The summed E-state index contributed by atoms with van der Waals surface area (Å²) in [6, 6.07) is 2.89. The van der Waals surface area contributed by atoms with E-state index < -0.39 is 11.6 Å². The molecule has 0 radical (unpaired) electrons. The van der Waals surface area contributed by atoms with Gasteiger partial charge in [-0.2, -0.15) is 0 Å². The third-order valence-electron chi connectivity index (χ3n) is 3.03. The average Bonchev–Trinajstić information content (AvgIpc) is 2.92. The first kappa shape index (κ1) is 13.0. The highest BCUT2D eigenvalue weighted by atomic mass is 32.1. The van der Waals surface area contributed by atoms with E-state index in [9.17, 15) is 9.59 Å². The maximum Gasteiger partial charge on any atom is 0.261 e. The minimum atomic E-state index is -0.608. The van der Waals surface area contributed by atoms with E-state index in [1.165, 1.54) is 11.3 Å². The number of aliphatic hydroxyl groups is 1. The Kier molecular flexibility index (Phi) is 3.68. The van der Waals surface area contributed by atoms with Crippen molar-refractivity contribution in [1.29, 1.82) is 0 Å². The average molecular weight is 268 g/mol. The molecule has 1 aliphatic carbocycles. The Bertz CT molecular complexity index is 440. The van der Waals surface area contributed by atoms with Crippen molar-refractivity contribution in [3.8, 4) is 0 Å². The molecule has 0 aromatic carbocycles. The lowest BCUT2D eigenvalue weighted by molar-refractivity contribution is -0.123. The second-order valence-electron chi connectivity index (χ2n) is 4.60. The third kappa shape index (κ3) is 2.88. The van der Waals surface area contributed by atoms with Gasteiger partial charge in [-0.05, 0) is 31.2 Å². The zero-order chi connectivity index (χ0) is 13.2. The first-order chi connectivity index (χ1) is 8.56. The summed E-state index contributed by atoms with van der Waals surface area (Å²) in [5.74, 6) is -0.507. The summed E-state index contributed by atoms with van der Waals surface area (Å²) in [6.45, 7) is 1.58. The molecule has 1 aromatic heterocycles. The minimum absolute atomic E-state index is 0.0513. The van der Waals surface area contributed by atoms with E-state index >= 15 is 0 Å². The molecule has 0 spiro atoms. The quantitative estimate of drug-likeness (QED) is 0.728. The molecule has 1 heterocycles. The van der Waals surface area contributed by atoms with Crippen molar-refractivity contribution >= 4 is 23.2 Å². The second kappa shape index (κ2) is 5.07. The Labute approximate surface area is 109 Å². The van der Waals surface area contributed by atoms with E-state index in [0.717, 1.165) is 12.8 Å². The first-order valence-electron chi connectivity index (χ1n) is 5.84. The Morgan fingerprint density at radius 1 is 1.56 bits per heavy atom. The van der Waals surface area contributed by atoms with Gasteiger partial charge in [-0.3, -0.25) is 9.59 Å². The SMILES string of the molecule is CC(NC(=O)c1cccs1)C(=O)NC1(CO)CC1. The van der Waals surface area contributed by atoms with E-state index in [1.54, 1.807) is 19.1 Å². The number of nitrogens with one attached hydrogen (secondary N) is 2. The van der Waals surface area contributed by atoms with Crippen LogP contribution >= 0.6 is 11.3 Å². The molecule has 2 amide bonds. The molecule has 1 unspecified atom stereocenters. The molecule has 0 bridgehead atoms. The van der Waals surface area contributed by atoms with Crippen molar-refractivity contribution in [3.63, 3.8) is 0 Å². The predicted molar refractivity (Wildman–Crippen MR) is 68.4 cm³/mol. The summed E-state index contributed by atoms with van der Waals surface area (Å²) >= 11 is 1.33. The molecule has 2 rings (SSSR count). The van der Waals surface area contributed by atoms with Gasteiger partial charge in [0.2, 0.25) is 5.91 Å². The van der Waals surface area contributed by atoms with Gasteiger partial charge in [0, 0.05) is 0 Å². The molecule has 0 aliphatic heterocycles. The lowest BCUT2D eigenvalue weighted by Gasteiger charge is -2.18. The third-order valence-corrected chi connectivity index (χ3v) is 3.90. The van der Waals surface area contributed by atoms with Crippen LogP contribution in [0.4, 0.5) is 0 Å². The molecule has 3 N–H and O–H groups in total. The van der Waals surface area contributed by atoms with Gasteiger partial charge in [-0.15, -0.1) is 11.3 Å². The molecule has 18 heavy (non-hydrogen) atoms. The zero-order valence-corrected chi connectivity index (χ0v) is 10.9. The molecule has 1 aromatic rings. The van der Waals surface area contributed by atoms with Crippen LogP contribution in [-0.2, 0) is 4.79 Å². The molecule has 98 valence electrons. The van der Waals surface area contributed by atoms with Gasteiger partial charge in [-0.25, -0.2) is 0 Å². The Hall–Kier alpha value is -1.40. The normalized spacial score (nSPS) is 17.9. The molecule has 1 atom stereocenters. The van der Waals surface area contributed by atoms with E-state index in [2.05, 4.69) is 10.6 Å². The van der Waals surface area contributed by atoms with Crippen molar-refractivity contribution in [3.05, 3.63) is 22.4 Å². The maximum atomic E-state index is 11.8. The number of hydrogen-bond acceptors (Lipinski definition) is 4. The van der Waals surface area contributed by atoms with Gasteiger partial charge < -0.3 is 15.7 Å². The molecule has 1 fully saturated rings. The lowest BCUT2D eigenvalue weighted by atomic mass is 10.2. The number of rotatable bonds is 5. The smallest absolute Gasteiger partial charge is 0.261 e. The fraction of sp³-hybridized carbons (Fsp3) is 0.500. The van der Waals surface area contributed by atoms with Crippen LogP contribution in [0.5, 0.6) is 0 Å². The standard InChI is InChI=1S/C12H16N2O3S/c1-8(10(16)14-12(7-15)4-5-12)13-11(17)9-3-2-6-18-9/h2-3,6,8,15H,4-5,7H2,1H3,(H,13,17)(H,14,16). The van der Waals surface area contributed by atoms with Crippen LogP contribution in [0.25, 0.3) is 0 Å². The summed E-state index contributed by atoms with van der Waals surface area (Å²) in [5.41, 5.74) is -0.445. The highest BCUT2D eigenvalue weighted by Gasteiger charge is 2.44. The molecular formula is C12H16N2O3S. The van der Waals surface area contributed by atoms with Crippen LogP contribution in [0, 0.1) is 0 Å². The van der Waals surface area contributed by atoms with Crippen LogP contribution in [0.2, 0.25) is 0 Å². The van der Waals surface area contributed by atoms with Crippen molar-refractivity contribution < 1.29 is 14.7 Å². The highest BCUT2D eigenvalue weighted by Crippen LogP contribution is 2.34. The fourth-order valence-electron chi connectivity index (χ4n) is 1.58. The number of amides is 2. The molecule has 0 saturated heterocycles. The summed E-state index contributed by atoms with van der Waals surface area (Å²) in [6.07, 6.45) is 1.58. The maximum absolute atomic E-state index is 11.8. The summed E-state index contributed by atoms with van der Waals surface area (Å²) in [7, 11) is 0. The lowest BCUT2D eigenvalue weighted by Crippen LogP contribution is -2.50. The fourth-order valence-corrected chi connectivity index (χ4v) is 2.21. The van der Waals surface area contributed by atoms with E-state index in [-0.39, 0.29) is 18.4 Å². The van der Waals surface area contributed by atoms with Crippen molar-refractivity contribution in [2.75, 3.05) is 6.61 Å². The molecular weight excluding hydrogens is 252 g/mol. The van der Waals surface area contributed by atoms with Gasteiger partial charge in [0.15, 0.2) is 0 Å². The van der Waals surface area contributed by atoms with Gasteiger partial charge >= 0.3 is 0 Å². The topological polar surface area (TPSA) is 78.4 Å². The van der Waals surface area contributed by atoms with Crippen LogP contribution in [0.15, 0.2) is 17.5 Å². The monoisotopic (exact) mass is 268 g/mol. The number of hydrogen-bond donors (Lipinski definition) is 3. The molecule has 5 nitrogen and oxygen atoms in total. The van der Waals surface area contributed by atoms with Gasteiger partial charge in [0.25, 0.3) is 5.91 Å². The largest absolute Gasteiger partial charge is 0.394 e. The van der Waals surface area contributed by atoms with Crippen molar-refractivity contribution in [2.45, 2.75) is 31.3 Å². The van der Waals surface area contributed by atoms with E-state index in [0.29, 0.717) is 4.88 Å². The van der Waals surface area contributed by atoms with Crippen LogP contribution in [0.1, 0.15) is 29.4 Å². The zero-order valence-electron chi connectivity index (χ0n) is 10.1. The van der Waals surface area contributed by atoms with Crippen LogP contribution in [0.3, 0.4) is 0 Å². The summed E-state index contributed by atoms with van der Waals surface area (Å²) in [5, 5.41) is 16.3. The Morgan fingerprint density at radius 2 is 2.28 bits per heavy atom. The van der Waals surface area contributed by atoms with Crippen LogP contribution < -0.4 is 10.6 Å². The van der Waals surface area contributed by atoms with Crippen molar-refractivity contribution in [1.82, 2.24) is 10.6 Å². The first-order valence-corrected chi connectivity index (χ1v) is 6.71. The molecule has 1 aliphatic rings. The number of carbonyl (C=O) groups excluding carboxylic acids is 2. The Morgan fingerprint density at radius 3 is 2.78 bits per heavy atom.